The smallest absolute Gasteiger partial charge is 0.407 e. The predicted octanol–water partition coefficient (Wildman–Crippen LogP) is 5.08. The van der Waals surface area contributed by atoms with E-state index in [2.05, 4.69) is 16.0 Å². The van der Waals surface area contributed by atoms with E-state index in [0.717, 1.165) is 5.56 Å². The molecule has 33 heavy (non-hydrogen) atoms. The number of urea groups is 1. The highest BCUT2D eigenvalue weighted by molar-refractivity contribution is 6.00. The number of benzene rings is 2. The predicted molar refractivity (Wildman–Crippen MR) is 124 cm³/mol. The number of nitrogens with zero attached hydrogens (tertiary/aromatic N) is 2. The SMILES string of the molecule is CCC(NC(=O)O[C@H](CC)CC#N)c1cccc(NC(=O)Nc2ccc(C#N)c(OC)c2)c1. The third-order valence-electron chi connectivity index (χ3n) is 4.88. The van der Waals surface area contributed by atoms with Crippen molar-refractivity contribution >= 4 is 23.5 Å². The highest BCUT2D eigenvalue weighted by Crippen LogP contribution is 2.24. The molecule has 0 heterocycles. The molecule has 172 valence electrons. The van der Waals surface area contributed by atoms with Gasteiger partial charge in [0.05, 0.1) is 31.2 Å². The van der Waals surface area contributed by atoms with Crippen LogP contribution in [0.1, 0.15) is 50.3 Å². The van der Waals surface area contributed by atoms with Crippen molar-refractivity contribution in [3.05, 3.63) is 53.6 Å². The number of carbonyl (C=O) groups excluding carboxylic acids is 2. The average Bonchev–Trinajstić information content (AvgIpc) is 2.82. The molecule has 0 radical (unpaired) electrons. The van der Waals surface area contributed by atoms with E-state index in [-0.39, 0.29) is 12.5 Å². The summed E-state index contributed by atoms with van der Waals surface area (Å²) in [7, 11) is 1.45. The Morgan fingerprint density at radius 3 is 2.36 bits per heavy atom. The van der Waals surface area contributed by atoms with Gasteiger partial charge in [0, 0.05) is 17.4 Å². The summed E-state index contributed by atoms with van der Waals surface area (Å²) < 4.78 is 10.5. The Labute approximate surface area is 193 Å². The summed E-state index contributed by atoms with van der Waals surface area (Å²) in [4.78, 5) is 24.7. The molecule has 0 saturated carbocycles. The van der Waals surface area contributed by atoms with Crippen LogP contribution in [0.3, 0.4) is 0 Å². The third kappa shape index (κ3) is 7.44. The topological polar surface area (TPSA) is 136 Å². The van der Waals surface area contributed by atoms with Crippen molar-refractivity contribution in [3.63, 3.8) is 0 Å². The summed E-state index contributed by atoms with van der Waals surface area (Å²) in [6.07, 6.45) is 0.252. The molecule has 2 atom stereocenters. The summed E-state index contributed by atoms with van der Waals surface area (Å²) >= 11 is 0. The zero-order chi connectivity index (χ0) is 24.2. The van der Waals surface area contributed by atoms with Crippen molar-refractivity contribution in [2.45, 2.75) is 45.3 Å². The van der Waals surface area contributed by atoms with Gasteiger partial charge in [-0.25, -0.2) is 9.59 Å². The largest absolute Gasteiger partial charge is 0.495 e. The second kappa shape index (κ2) is 12.6. The number of ether oxygens (including phenoxy) is 2. The Morgan fingerprint density at radius 1 is 1.03 bits per heavy atom. The quantitative estimate of drug-likeness (QED) is 0.488. The first-order chi connectivity index (χ1) is 15.9. The first kappa shape index (κ1) is 25.0. The Hall–Kier alpha value is -4.24. The van der Waals surface area contributed by atoms with Gasteiger partial charge in [0.1, 0.15) is 17.9 Å². The van der Waals surface area contributed by atoms with Crippen molar-refractivity contribution in [2.24, 2.45) is 0 Å². The second-order valence-electron chi connectivity index (χ2n) is 7.13. The minimum absolute atomic E-state index is 0.139. The zero-order valence-electron chi connectivity index (χ0n) is 18.8. The van der Waals surface area contributed by atoms with Crippen molar-refractivity contribution in [1.82, 2.24) is 5.32 Å². The monoisotopic (exact) mass is 449 g/mol. The van der Waals surface area contributed by atoms with Crippen LogP contribution >= 0.6 is 0 Å². The number of amides is 3. The van der Waals surface area contributed by atoms with Crippen LogP contribution in [0, 0.1) is 22.7 Å². The molecule has 2 aromatic rings. The Bertz CT molecular complexity index is 1060. The molecule has 0 saturated heterocycles. The summed E-state index contributed by atoms with van der Waals surface area (Å²) in [5.74, 6) is 0.362. The fourth-order valence-corrected chi connectivity index (χ4v) is 3.11. The minimum Gasteiger partial charge on any atom is -0.495 e. The maximum absolute atomic E-state index is 12.4. The van der Waals surface area contributed by atoms with E-state index in [0.29, 0.717) is 35.5 Å². The van der Waals surface area contributed by atoms with Gasteiger partial charge in [-0.1, -0.05) is 26.0 Å². The highest BCUT2D eigenvalue weighted by Gasteiger charge is 2.18. The number of nitriles is 2. The number of hydrogen-bond donors (Lipinski definition) is 3. The van der Waals surface area contributed by atoms with Gasteiger partial charge >= 0.3 is 12.1 Å². The van der Waals surface area contributed by atoms with E-state index in [1.54, 1.807) is 36.4 Å². The van der Waals surface area contributed by atoms with Crippen LogP contribution in [0.4, 0.5) is 21.0 Å². The van der Waals surface area contributed by atoms with E-state index < -0.39 is 18.2 Å². The van der Waals surface area contributed by atoms with Crippen LogP contribution in [0.15, 0.2) is 42.5 Å². The zero-order valence-corrected chi connectivity index (χ0v) is 18.8. The molecule has 0 bridgehead atoms. The molecule has 0 aliphatic carbocycles. The molecular weight excluding hydrogens is 422 g/mol. The minimum atomic E-state index is -0.588. The average molecular weight is 450 g/mol. The lowest BCUT2D eigenvalue weighted by Gasteiger charge is -2.20. The summed E-state index contributed by atoms with van der Waals surface area (Å²) in [6.45, 7) is 3.77. The molecule has 9 heteroatoms. The van der Waals surface area contributed by atoms with E-state index >= 15 is 0 Å². The van der Waals surface area contributed by atoms with Gasteiger partial charge < -0.3 is 25.4 Å². The van der Waals surface area contributed by atoms with Gasteiger partial charge in [-0.05, 0) is 42.7 Å². The van der Waals surface area contributed by atoms with Crippen molar-refractivity contribution in [2.75, 3.05) is 17.7 Å². The number of anilines is 2. The second-order valence-corrected chi connectivity index (χ2v) is 7.13. The van der Waals surface area contributed by atoms with Gasteiger partial charge in [0.25, 0.3) is 0 Å². The van der Waals surface area contributed by atoms with Gasteiger partial charge in [-0.15, -0.1) is 0 Å². The maximum atomic E-state index is 12.4. The molecule has 2 aromatic carbocycles. The fraction of sp³-hybridized carbons (Fsp3) is 0.333. The first-order valence-corrected chi connectivity index (χ1v) is 10.5. The first-order valence-electron chi connectivity index (χ1n) is 10.5. The number of nitrogens with one attached hydrogen (secondary N) is 3. The number of hydrogen-bond acceptors (Lipinski definition) is 6. The Kier molecular flexibility index (Phi) is 9.54. The standard InChI is InChI=1S/C24H27N5O4/c1-4-20(11-12-25)33-24(31)29-21(5-2)16-7-6-8-18(13-16)27-23(30)28-19-10-9-17(15-26)22(14-19)32-3/h6-10,13-14,20-21H,4-5,11H2,1-3H3,(H,29,31)(H2,27,28,30)/t20-,21?/m1/s1. The molecule has 0 fully saturated rings. The molecule has 9 nitrogen and oxygen atoms in total. The van der Waals surface area contributed by atoms with E-state index in [1.165, 1.54) is 7.11 Å². The van der Waals surface area contributed by atoms with E-state index in [9.17, 15) is 9.59 Å². The van der Waals surface area contributed by atoms with Crippen molar-refractivity contribution in [1.29, 1.82) is 10.5 Å². The molecule has 0 spiro atoms. The van der Waals surface area contributed by atoms with E-state index in [1.807, 2.05) is 32.1 Å². The van der Waals surface area contributed by atoms with Gasteiger partial charge in [-0.3, -0.25) is 0 Å². The van der Waals surface area contributed by atoms with Crippen molar-refractivity contribution in [3.8, 4) is 17.9 Å². The number of rotatable bonds is 9. The fourth-order valence-electron chi connectivity index (χ4n) is 3.11. The number of methoxy groups -OCH3 is 1. The molecule has 3 amide bonds. The number of alkyl carbamates (subject to hydrolysis) is 1. The van der Waals surface area contributed by atoms with Gasteiger partial charge in [-0.2, -0.15) is 10.5 Å². The van der Waals surface area contributed by atoms with Crippen LogP contribution in [0.25, 0.3) is 0 Å². The van der Waals surface area contributed by atoms with E-state index in [4.69, 9.17) is 20.0 Å². The summed E-state index contributed by atoms with van der Waals surface area (Å²) in [6, 6.07) is 15.1. The summed E-state index contributed by atoms with van der Waals surface area (Å²) in [5, 5.41) is 26.1. The number of carbonyl (C=O) groups is 2. The molecular formula is C24H27N5O4. The molecule has 3 N–H and O–H groups in total. The van der Waals surface area contributed by atoms with Crippen LogP contribution < -0.4 is 20.7 Å². The van der Waals surface area contributed by atoms with Crippen LogP contribution in [-0.4, -0.2) is 25.3 Å². The molecule has 0 aliphatic heterocycles. The van der Waals surface area contributed by atoms with Crippen LogP contribution in [-0.2, 0) is 4.74 Å². The van der Waals surface area contributed by atoms with Crippen LogP contribution in [0.2, 0.25) is 0 Å². The lowest BCUT2D eigenvalue weighted by molar-refractivity contribution is 0.0942. The van der Waals surface area contributed by atoms with Gasteiger partial charge in [0.15, 0.2) is 0 Å². The van der Waals surface area contributed by atoms with Crippen molar-refractivity contribution < 1.29 is 19.1 Å². The third-order valence-corrected chi connectivity index (χ3v) is 4.88. The normalized spacial score (nSPS) is 11.8. The lowest BCUT2D eigenvalue weighted by Crippen LogP contribution is -2.32. The molecule has 0 aromatic heterocycles. The molecule has 2 rings (SSSR count). The van der Waals surface area contributed by atoms with Crippen LogP contribution in [0.5, 0.6) is 5.75 Å². The Balaban J connectivity index is 2.04. The molecule has 0 aliphatic rings. The lowest BCUT2D eigenvalue weighted by atomic mass is 10.0. The van der Waals surface area contributed by atoms with Gasteiger partial charge in [0.2, 0.25) is 0 Å². The highest BCUT2D eigenvalue weighted by atomic mass is 16.6. The summed E-state index contributed by atoms with van der Waals surface area (Å²) in [5.41, 5.74) is 2.17. The molecule has 1 unspecified atom stereocenters. The maximum Gasteiger partial charge on any atom is 0.407 e. The Morgan fingerprint density at radius 2 is 1.76 bits per heavy atom.